The molecule has 0 aliphatic heterocycles. The van der Waals surface area contributed by atoms with Crippen molar-refractivity contribution in [3.8, 4) is 11.5 Å². The topological polar surface area (TPSA) is 41.6 Å². The lowest BCUT2D eigenvalue weighted by Crippen LogP contribution is -2.08. The summed E-state index contributed by atoms with van der Waals surface area (Å²) in [4.78, 5) is 10.9. The van der Waals surface area contributed by atoms with E-state index in [4.69, 9.17) is 9.53 Å². The Hall–Kier alpha value is -2.49. The van der Waals surface area contributed by atoms with E-state index in [-0.39, 0.29) is 0 Å². The number of ether oxygens (including phenoxy) is 1. The highest BCUT2D eigenvalue weighted by Crippen LogP contribution is 2.25. The first kappa shape index (κ1) is 16.6. The lowest BCUT2D eigenvalue weighted by atomic mass is 10.2. The van der Waals surface area contributed by atoms with Gasteiger partial charge in [-0.2, -0.15) is 0 Å². The van der Waals surface area contributed by atoms with Gasteiger partial charge in [0.1, 0.15) is 17.8 Å². The summed E-state index contributed by atoms with van der Waals surface area (Å²) < 4.78 is 5.81. The largest absolute Gasteiger partial charge is 0.457 e. The molecule has 0 saturated heterocycles. The third-order valence-corrected chi connectivity index (χ3v) is 2.71. The molecule has 4 heteroatoms. The Balaban J connectivity index is 0.000000677. The van der Waals surface area contributed by atoms with Crippen LogP contribution in [0.1, 0.15) is 6.92 Å². The molecule has 0 spiro atoms. The number of benzene rings is 2. The molecule has 2 rings (SSSR count). The van der Waals surface area contributed by atoms with Gasteiger partial charge in [0, 0.05) is 38.6 Å². The van der Waals surface area contributed by atoms with E-state index in [0.717, 1.165) is 29.2 Å². The fourth-order valence-electron chi connectivity index (χ4n) is 1.65. The molecule has 0 atom stereocenters. The zero-order chi connectivity index (χ0) is 15.7. The number of anilines is 2. The summed E-state index contributed by atoms with van der Waals surface area (Å²) in [5, 5.41) is 3.08. The Bertz CT molecular complexity index is 551. The summed E-state index contributed by atoms with van der Waals surface area (Å²) in [5.74, 6) is 1.68. The first-order chi connectivity index (χ1) is 10.1. The molecule has 0 bridgehead atoms. The van der Waals surface area contributed by atoms with Gasteiger partial charge < -0.3 is 19.7 Å². The van der Waals surface area contributed by atoms with Crippen molar-refractivity contribution in [1.29, 1.82) is 0 Å². The van der Waals surface area contributed by atoms with E-state index in [1.165, 1.54) is 6.92 Å². The number of hydrogen-bond donors (Lipinski definition) is 1. The minimum atomic E-state index is 0.750. The molecule has 0 aromatic heterocycles. The molecule has 2 aromatic carbocycles. The molecule has 2 aromatic rings. The first-order valence-electron chi connectivity index (χ1n) is 6.73. The summed E-state index contributed by atoms with van der Waals surface area (Å²) in [6, 6.07) is 15.9. The highest BCUT2D eigenvalue weighted by atomic mass is 16.5. The summed E-state index contributed by atoms with van der Waals surface area (Å²) in [6.07, 6.45) is 0.750. The number of carbonyl (C=O) groups excluding carboxylic acids is 1. The Morgan fingerprint density at radius 1 is 1.05 bits per heavy atom. The van der Waals surface area contributed by atoms with Gasteiger partial charge in [-0.3, -0.25) is 0 Å². The van der Waals surface area contributed by atoms with Gasteiger partial charge in [0.25, 0.3) is 0 Å². The van der Waals surface area contributed by atoms with Crippen LogP contribution in [0.3, 0.4) is 0 Å². The number of nitrogens with one attached hydrogen (secondary N) is 1. The van der Waals surface area contributed by atoms with Crippen LogP contribution in [0.25, 0.3) is 0 Å². The number of hydrogen-bond acceptors (Lipinski definition) is 4. The number of nitrogens with zero attached hydrogens (tertiary/aromatic N) is 1. The van der Waals surface area contributed by atoms with Crippen molar-refractivity contribution in [2.45, 2.75) is 6.92 Å². The molecular weight excluding hydrogens is 264 g/mol. The van der Waals surface area contributed by atoms with E-state index in [2.05, 4.69) is 16.3 Å². The van der Waals surface area contributed by atoms with Crippen molar-refractivity contribution < 1.29 is 9.53 Å². The zero-order valence-electron chi connectivity index (χ0n) is 13.0. The third-order valence-electron chi connectivity index (χ3n) is 2.71. The predicted octanol–water partition coefficient (Wildman–Crippen LogP) is 3.79. The maximum Gasteiger partial charge on any atom is 0.129 e. The molecule has 1 N–H and O–H groups in total. The van der Waals surface area contributed by atoms with Crippen molar-refractivity contribution in [1.82, 2.24) is 0 Å². The van der Waals surface area contributed by atoms with Gasteiger partial charge in [0.2, 0.25) is 0 Å². The summed E-state index contributed by atoms with van der Waals surface area (Å²) in [6.45, 7) is 1.44. The molecule has 0 aliphatic rings. The molecule has 0 unspecified atom stereocenters. The predicted molar refractivity (Wildman–Crippen MR) is 88.6 cm³/mol. The summed E-state index contributed by atoms with van der Waals surface area (Å²) in [5.41, 5.74) is 2.20. The standard InChI is InChI=1S/C15H18N2O.C2H4O/c1-16-12-7-9-14(10-8-12)18-15-6-4-5-13(11-15)17(2)3;1-2-3/h4-11,16H,1-3H3;2H,1H3. The van der Waals surface area contributed by atoms with Gasteiger partial charge in [-0.1, -0.05) is 6.07 Å². The molecule has 0 saturated carbocycles. The van der Waals surface area contributed by atoms with Gasteiger partial charge in [0.05, 0.1) is 0 Å². The molecular formula is C17H22N2O2. The van der Waals surface area contributed by atoms with E-state index < -0.39 is 0 Å². The minimum absolute atomic E-state index is 0.750. The second-order valence-electron chi connectivity index (χ2n) is 4.50. The van der Waals surface area contributed by atoms with E-state index in [1.807, 2.05) is 63.6 Å². The lowest BCUT2D eigenvalue weighted by molar-refractivity contribution is -0.106. The molecule has 0 amide bonds. The van der Waals surface area contributed by atoms with Crippen molar-refractivity contribution in [3.63, 3.8) is 0 Å². The second-order valence-corrected chi connectivity index (χ2v) is 4.50. The van der Waals surface area contributed by atoms with Crippen LogP contribution in [0.5, 0.6) is 11.5 Å². The highest BCUT2D eigenvalue weighted by molar-refractivity contribution is 5.51. The average Bonchev–Trinajstić information content (AvgIpc) is 2.49. The van der Waals surface area contributed by atoms with E-state index >= 15 is 0 Å². The molecule has 21 heavy (non-hydrogen) atoms. The van der Waals surface area contributed by atoms with Crippen molar-refractivity contribution in [2.24, 2.45) is 0 Å². The molecule has 0 heterocycles. The van der Waals surface area contributed by atoms with Crippen LogP contribution in [-0.2, 0) is 4.79 Å². The van der Waals surface area contributed by atoms with Crippen LogP contribution in [0.2, 0.25) is 0 Å². The first-order valence-corrected chi connectivity index (χ1v) is 6.73. The molecule has 0 fully saturated rings. The second kappa shape index (κ2) is 8.64. The van der Waals surface area contributed by atoms with Gasteiger partial charge in [0.15, 0.2) is 0 Å². The molecule has 112 valence electrons. The fraction of sp³-hybridized carbons (Fsp3) is 0.235. The Morgan fingerprint density at radius 2 is 1.67 bits per heavy atom. The smallest absolute Gasteiger partial charge is 0.129 e. The van der Waals surface area contributed by atoms with Crippen LogP contribution in [0.15, 0.2) is 48.5 Å². The van der Waals surface area contributed by atoms with E-state index in [0.29, 0.717) is 0 Å². The maximum absolute atomic E-state index is 8.81. The Kier molecular flexibility index (Phi) is 6.81. The van der Waals surface area contributed by atoms with Crippen LogP contribution < -0.4 is 15.0 Å². The van der Waals surface area contributed by atoms with Crippen LogP contribution in [0.4, 0.5) is 11.4 Å². The maximum atomic E-state index is 8.81. The van der Waals surface area contributed by atoms with Crippen LogP contribution >= 0.6 is 0 Å². The quantitative estimate of drug-likeness (QED) is 0.868. The van der Waals surface area contributed by atoms with E-state index in [1.54, 1.807) is 0 Å². The monoisotopic (exact) mass is 286 g/mol. The minimum Gasteiger partial charge on any atom is -0.457 e. The summed E-state index contributed by atoms with van der Waals surface area (Å²) in [7, 11) is 5.93. The normalized spacial score (nSPS) is 9.14. The third kappa shape index (κ3) is 5.57. The van der Waals surface area contributed by atoms with E-state index in [9.17, 15) is 0 Å². The number of carbonyl (C=O) groups is 1. The number of rotatable bonds is 4. The van der Waals surface area contributed by atoms with Gasteiger partial charge in [-0.05, 0) is 43.3 Å². The Labute approximate surface area is 126 Å². The van der Waals surface area contributed by atoms with Crippen LogP contribution in [-0.4, -0.2) is 27.4 Å². The Morgan fingerprint density at radius 3 is 2.19 bits per heavy atom. The van der Waals surface area contributed by atoms with Gasteiger partial charge in [-0.15, -0.1) is 0 Å². The lowest BCUT2D eigenvalue weighted by Gasteiger charge is -2.14. The fourth-order valence-corrected chi connectivity index (χ4v) is 1.65. The summed E-state index contributed by atoms with van der Waals surface area (Å²) >= 11 is 0. The highest BCUT2D eigenvalue weighted by Gasteiger charge is 2.00. The van der Waals surface area contributed by atoms with Crippen LogP contribution in [0, 0.1) is 0 Å². The van der Waals surface area contributed by atoms with Gasteiger partial charge >= 0.3 is 0 Å². The van der Waals surface area contributed by atoms with Crippen molar-refractivity contribution in [2.75, 3.05) is 31.4 Å². The number of aldehydes is 1. The van der Waals surface area contributed by atoms with Crippen molar-refractivity contribution in [3.05, 3.63) is 48.5 Å². The SMILES string of the molecule is CC=O.CNc1ccc(Oc2cccc(N(C)C)c2)cc1. The molecule has 4 nitrogen and oxygen atoms in total. The van der Waals surface area contributed by atoms with Crippen molar-refractivity contribution >= 4 is 17.7 Å². The van der Waals surface area contributed by atoms with Gasteiger partial charge in [-0.25, -0.2) is 0 Å². The average molecular weight is 286 g/mol. The zero-order valence-corrected chi connectivity index (χ0v) is 13.0. The molecule has 0 aliphatic carbocycles. The molecule has 0 radical (unpaired) electrons.